The molecule has 5 heteroatoms. The lowest BCUT2D eigenvalue weighted by atomic mass is 10.1. The van der Waals surface area contributed by atoms with Crippen LogP contribution in [0.1, 0.15) is 29.6 Å². The molecule has 2 aromatic heterocycles. The van der Waals surface area contributed by atoms with E-state index >= 15 is 0 Å². The van der Waals surface area contributed by atoms with Gasteiger partial charge in [0.1, 0.15) is 12.4 Å². The predicted molar refractivity (Wildman–Crippen MR) is 77.4 cm³/mol. The van der Waals surface area contributed by atoms with Crippen molar-refractivity contribution in [2.75, 3.05) is 0 Å². The average Bonchev–Trinajstić information content (AvgIpc) is 2.91. The average molecular weight is 277 g/mol. The van der Waals surface area contributed by atoms with Crippen molar-refractivity contribution in [3.8, 4) is 5.75 Å². The summed E-state index contributed by atoms with van der Waals surface area (Å²) in [6, 6.07) is 4.06. The Labute approximate surface area is 117 Å². The van der Waals surface area contributed by atoms with Gasteiger partial charge < -0.3 is 10.5 Å². The summed E-state index contributed by atoms with van der Waals surface area (Å²) in [5, 5.41) is 0. The molecule has 2 heterocycles. The van der Waals surface area contributed by atoms with Crippen molar-refractivity contribution in [3.05, 3.63) is 40.1 Å². The molecule has 0 aliphatic rings. The predicted octanol–water partition coefficient (Wildman–Crippen LogP) is 2.71. The molecule has 0 fully saturated rings. The van der Waals surface area contributed by atoms with Crippen molar-refractivity contribution >= 4 is 11.3 Å². The molecule has 1 unspecified atom stereocenters. The zero-order valence-corrected chi connectivity index (χ0v) is 12.1. The Morgan fingerprint density at radius 1 is 1.42 bits per heavy atom. The second-order valence-electron chi connectivity index (χ2n) is 4.53. The monoisotopic (exact) mass is 277 g/mol. The first-order valence-electron chi connectivity index (χ1n) is 6.41. The number of aryl methyl sites for hydroxylation is 1. The number of pyridine rings is 1. The van der Waals surface area contributed by atoms with E-state index in [0.29, 0.717) is 6.61 Å². The highest BCUT2D eigenvalue weighted by Crippen LogP contribution is 2.21. The Bertz CT molecular complexity index is 513. The van der Waals surface area contributed by atoms with Crippen LogP contribution in [0.4, 0.5) is 0 Å². The number of nitrogens with two attached hydrogens (primary N) is 1. The zero-order chi connectivity index (χ0) is 13.7. The molecule has 0 amide bonds. The molecule has 0 radical (unpaired) electrons. The second-order valence-corrected chi connectivity index (χ2v) is 5.50. The Morgan fingerprint density at radius 2 is 2.26 bits per heavy atom. The summed E-state index contributed by atoms with van der Waals surface area (Å²) >= 11 is 1.59. The smallest absolute Gasteiger partial charge is 0.141 e. The van der Waals surface area contributed by atoms with E-state index in [2.05, 4.69) is 16.9 Å². The Balaban J connectivity index is 2.09. The van der Waals surface area contributed by atoms with Gasteiger partial charge in [0.05, 0.1) is 16.1 Å². The van der Waals surface area contributed by atoms with Crippen LogP contribution in [-0.2, 0) is 13.0 Å². The third kappa shape index (κ3) is 4.01. The molecule has 0 aliphatic carbocycles. The number of thiazole rings is 1. The van der Waals surface area contributed by atoms with Crippen LogP contribution in [0, 0.1) is 6.92 Å². The van der Waals surface area contributed by atoms with Gasteiger partial charge in [-0.05, 0) is 25.5 Å². The summed E-state index contributed by atoms with van der Waals surface area (Å²) in [7, 11) is 0. The first kappa shape index (κ1) is 14.0. The van der Waals surface area contributed by atoms with Crippen molar-refractivity contribution in [3.63, 3.8) is 0 Å². The van der Waals surface area contributed by atoms with Gasteiger partial charge in [-0.1, -0.05) is 6.92 Å². The topological polar surface area (TPSA) is 61.0 Å². The van der Waals surface area contributed by atoms with E-state index in [9.17, 15) is 0 Å². The third-order valence-corrected chi connectivity index (χ3v) is 3.66. The lowest BCUT2D eigenvalue weighted by Crippen LogP contribution is -2.22. The van der Waals surface area contributed by atoms with E-state index in [1.165, 1.54) is 0 Å². The van der Waals surface area contributed by atoms with Gasteiger partial charge in [0, 0.05) is 24.4 Å². The van der Waals surface area contributed by atoms with Crippen LogP contribution in [0.5, 0.6) is 5.75 Å². The van der Waals surface area contributed by atoms with Crippen LogP contribution in [0.15, 0.2) is 23.8 Å². The standard InChI is InChI=1S/C14H19N3OS/c1-3-11(15)6-13-14(5-4-10(2)17-13)18-8-12-7-16-9-19-12/h4-5,7,9,11H,3,6,8,15H2,1-2H3. The molecule has 1 atom stereocenters. The summed E-state index contributed by atoms with van der Waals surface area (Å²) in [6.45, 7) is 4.59. The Kier molecular flexibility index (Phi) is 4.87. The molecule has 0 saturated carbocycles. The summed E-state index contributed by atoms with van der Waals surface area (Å²) in [5.74, 6) is 0.822. The van der Waals surface area contributed by atoms with Crippen molar-refractivity contribution in [2.24, 2.45) is 5.73 Å². The van der Waals surface area contributed by atoms with E-state index in [1.54, 1.807) is 16.8 Å². The van der Waals surface area contributed by atoms with Gasteiger partial charge in [0.25, 0.3) is 0 Å². The fraction of sp³-hybridized carbons (Fsp3) is 0.429. The lowest BCUT2D eigenvalue weighted by Gasteiger charge is -2.13. The Morgan fingerprint density at radius 3 is 2.95 bits per heavy atom. The van der Waals surface area contributed by atoms with Crippen molar-refractivity contribution in [1.82, 2.24) is 9.97 Å². The summed E-state index contributed by atoms with van der Waals surface area (Å²) in [6.07, 6.45) is 3.50. The van der Waals surface area contributed by atoms with Gasteiger partial charge in [-0.15, -0.1) is 11.3 Å². The molecule has 2 N–H and O–H groups in total. The molecule has 19 heavy (non-hydrogen) atoms. The van der Waals surface area contributed by atoms with Crippen LogP contribution in [-0.4, -0.2) is 16.0 Å². The van der Waals surface area contributed by atoms with Crippen molar-refractivity contribution in [1.29, 1.82) is 0 Å². The minimum atomic E-state index is 0.125. The molecule has 2 aromatic rings. The first-order valence-corrected chi connectivity index (χ1v) is 7.29. The molecule has 2 rings (SSSR count). The number of nitrogens with zero attached hydrogens (tertiary/aromatic N) is 2. The zero-order valence-electron chi connectivity index (χ0n) is 11.3. The van der Waals surface area contributed by atoms with Crippen LogP contribution in [0.2, 0.25) is 0 Å². The van der Waals surface area contributed by atoms with Gasteiger partial charge in [-0.3, -0.25) is 9.97 Å². The van der Waals surface area contributed by atoms with E-state index in [4.69, 9.17) is 10.5 Å². The van der Waals surface area contributed by atoms with E-state index < -0.39 is 0 Å². The minimum Gasteiger partial charge on any atom is -0.486 e. The van der Waals surface area contributed by atoms with Crippen LogP contribution in [0.25, 0.3) is 0 Å². The van der Waals surface area contributed by atoms with Crippen LogP contribution in [0.3, 0.4) is 0 Å². The van der Waals surface area contributed by atoms with Crippen molar-refractivity contribution in [2.45, 2.75) is 39.3 Å². The molecule has 0 aromatic carbocycles. The number of aromatic nitrogens is 2. The molecule has 0 saturated heterocycles. The SMILES string of the molecule is CCC(N)Cc1nc(C)ccc1OCc1cncs1. The van der Waals surface area contributed by atoms with E-state index in [1.807, 2.05) is 25.3 Å². The van der Waals surface area contributed by atoms with Crippen LogP contribution >= 0.6 is 11.3 Å². The number of hydrogen-bond donors (Lipinski definition) is 1. The van der Waals surface area contributed by atoms with E-state index in [-0.39, 0.29) is 6.04 Å². The summed E-state index contributed by atoms with van der Waals surface area (Å²) in [5.41, 5.74) is 9.75. The minimum absolute atomic E-state index is 0.125. The lowest BCUT2D eigenvalue weighted by molar-refractivity contribution is 0.303. The Hall–Kier alpha value is -1.46. The van der Waals surface area contributed by atoms with Gasteiger partial charge in [0.15, 0.2) is 0 Å². The molecular weight excluding hydrogens is 258 g/mol. The van der Waals surface area contributed by atoms with Gasteiger partial charge >= 0.3 is 0 Å². The molecule has 0 bridgehead atoms. The summed E-state index contributed by atoms with van der Waals surface area (Å²) < 4.78 is 5.83. The maximum Gasteiger partial charge on any atom is 0.141 e. The molecule has 0 aliphatic heterocycles. The molecule has 0 spiro atoms. The highest BCUT2D eigenvalue weighted by Gasteiger charge is 2.10. The maximum atomic E-state index is 6.01. The van der Waals surface area contributed by atoms with Gasteiger partial charge in [0.2, 0.25) is 0 Å². The largest absolute Gasteiger partial charge is 0.486 e. The normalized spacial score (nSPS) is 12.4. The maximum absolute atomic E-state index is 6.01. The number of rotatable bonds is 6. The second kappa shape index (κ2) is 6.63. The fourth-order valence-electron chi connectivity index (χ4n) is 1.73. The summed E-state index contributed by atoms with van der Waals surface area (Å²) in [4.78, 5) is 9.68. The molecule has 4 nitrogen and oxygen atoms in total. The number of ether oxygens (including phenoxy) is 1. The van der Waals surface area contributed by atoms with Gasteiger partial charge in [-0.25, -0.2) is 0 Å². The van der Waals surface area contributed by atoms with Crippen LogP contribution < -0.4 is 10.5 Å². The number of hydrogen-bond acceptors (Lipinski definition) is 5. The third-order valence-electron chi connectivity index (χ3n) is 2.90. The highest BCUT2D eigenvalue weighted by molar-refractivity contribution is 7.09. The molecule has 102 valence electrons. The quantitative estimate of drug-likeness (QED) is 0.882. The fourth-order valence-corrected chi connectivity index (χ4v) is 2.24. The van der Waals surface area contributed by atoms with Crippen molar-refractivity contribution < 1.29 is 4.74 Å². The molecular formula is C14H19N3OS. The van der Waals surface area contributed by atoms with Gasteiger partial charge in [-0.2, -0.15) is 0 Å². The highest BCUT2D eigenvalue weighted by atomic mass is 32.1. The van der Waals surface area contributed by atoms with E-state index in [0.717, 1.165) is 34.9 Å². The first-order chi connectivity index (χ1) is 9.19.